The Hall–Kier alpha value is -1.57. The maximum atomic E-state index is 13.4. The average molecular weight is 250 g/mol. The van der Waals surface area contributed by atoms with E-state index in [1.165, 1.54) is 12.1 Å². The van der Waals surface area contributed by atoms with E-state index in [1.54, 1.807) is 6.07 Å². The lowest BCUT2D eigenvalue weighted by molar-refractivity contribution is 0.00730. The van der Waals surface area contributed by atoms with Crippen LogP contribution in [0.3, 0.4) is 0 Å². The highest BCUT2D eigenvalue weighted by Gasteiger charge is 2.15. The molecule has 1 N–H and O–H groups in total. The summed E-state index contributed by atoms with van der Waals surface area (Å²) in [6, 6.07) is 4.31. The number of benzene rings is 1. The van der Waals surface area contributed by atoms with Gasteiger partial charge < -0.3 is 14.6 Å². The minimum Gasteiger partial charge on any atom is -0.488 e. The molecule has 3 nitrogen and oxygen atoms in total. The second-order valence-corrected chi connectivity index (χ2v) is 4.09. The number of halogens is 1. The van der Waals surface area contributed by atoms with Gasteiger partial charge in [0, 0.05) is 18.2 Å². The van der Waals surface area contributed by atoms with Gasteiger partial charge in [0.15, 0.2) is 0 Å². The normalized spacial score (nSPS) is 18.9. The third kappa shape index (κ3) is 3.73. The van der Waals surface area contributed by atoms with E-state index in [-0.39, 0.29) is 12.7 Å². The third-order valence-corrected chi connectivity index (χ3v) is 2.60. The van der Waals surface area contributed by atoms with Crippen LogP contribution in [0.25, 0.3) is 0 Å². The van der Waals surface area contributed by atoms with Crippen LogP contribution in [0.1, 0.15) is 18.4 Å². The van der Waals surface area contributed by atoms with Crippen molar-refractivity contribution in [3.63, 3.8) is 0 Å². The molecule has 1 saturated heterocycles. The Bertz CT molecular complexity index is 456. The van der Waals surface area contributed by atoms with Gasteiger partial charge in [0.25, 0.3) is 0 Å². The molecule has 1 heterocycles. The molecule has 0 saturated carbocycles. The van der Waals surface area contributed by atoms with Crippen molar-refractivity contribution in [3.8, 4) is 17.6 Å². The van der Waals surface area contributed by atoms with Crippen LogP contribution in [-0.2, 0) is 4.74 Å². The second kappa shape index (κ2) is 6.39. The van der Waals surface area contributed by atoms with Crippen LogP contribution in [0.4, 0.5) is 4.39 Å². The van der Waals surface area contributed by atoms with Crippen molar-refractivity contribution in [2.45, 2.75) is 18.9 Å². The number of rotatable bonds is 2. The standard InChI is InChI=1S/C14H15FO3/c15-12-7-11(3-1-5-16)8-14(9-12)18-13-4-2-6-17-10-13/h7-9,13,16H,2,4-6,10H2. The van der Waals surface area contributed by atoms with Gasteiger partial charge in [-0.3, -0.25) is 0 Å². The van der Waals surface area contributed by atoms with Crippen LogP contribution in [0, 0.1) is 17.7 Å². The summed E-state index contributed by atoms with van der Waals surface area (Å²) >= 11 is 0. The van der Waals surface area contributed by atoms with Gasteiger partial charge in [0.2, 0.25) is 0 Å². The number of ether oxygens (including phenoxy) is 2. The minimum atomic E-state index is -0.397. The second-order valence-electron chi connectivity index (χ2n) is 4.09. The van der Waals surface area contributed by atoms with Gasteiger partial charge in [-0.15, -0.1) is 0 Å². The molecule has 4 heteroatoms. The summed E-state index contributed by atoms with van der Waals surface area (Å²) in [5.74, 6) is 5.20. The summed E-state index contributed by atoms with van der Waals surface area (Å²) in [5, 5.41) is 8.61. The molecule has 1 aliphatic heterocycles. The zero-order valence-electron chi connectivity index (χ0n) is 9.99. The van der Waals surface area contributed by atoms with Gasteiger partial charge in [-0.1, -0.05) is 11.8 Å². The lowest BCUT2D eigenvalue weighted by atomic mass is 10.1. The van der Waals surface area contributed by atoms with Crippen LogP contribution in [-0.4, -0.2) is 31.0 Å². The molecule has 0 amide bonds. The SMILES string of the molecule is OCC#Cc1cc(F)cc(OC2CCCOC2)c1. The van der Waals surface area contributed by atoms with Crippen LogP contribution < -0.4 is 4.74 Å². The summed E-state index contributed by atoms with van der Waals surface area (Å²) in [4.78, 5) is 0. The first-order valence-electron chi connectivity index (χ1n) is 5.92. The molecule has 0 aromatic heterocycles. The highest BCUT2D eigenvalue weighted by atomic mass is 19.1. The number of aliphatic hydroxyl groups is 1. The fourth-order valence-corrected chi connectivity index (χ4v) is 1.84. The van der Waals surface area contributed by atoms with Crippen molar-refractivity contribution in [1.82, 2.24) is 0 Å². The Morgan fingerprint density at radius 3 is 3.06 bits per heavy atom. The summed E-state index contributed by atoms with van der Waals surface area (Å²) in [5.41, 5.74) is 0.496. The summed E-state index contributed by atoms with van der Waals surface area (Å²) in [6.07, 6.45) is 1.84. The van der Waals surface area contributed by atoms with Gasteiger partial charge in [-0.05, 0) is 25.0 Å². The van der Waals surface area contributed by atoms with Crippen molar-refractivity contribution in [3.05, 3.63) is 29.6 Å². The smallest absolute Gasteiger partial charge is 0.128 e. The minimum absolute atomic E-state index is 0.0285. The zero-order chi connectivity index (χ0) is 12.8. The fraction of sp³-hybridized carbons (Fsp3) is 0.429. The monoisotopic (exact) mass is 250 g/mol. The Labute approximate surface area is 106 Å². The predicted molar refractivity (Wildman–Crippen MR) is 64.8 cm³/mol. The topological polar surface area (TPSA) is 38.7 Å². The summed E-state index contributed by atoms with van der Waals surface area (Å²) in [7, 11) is 0. The van der Waals surface area contributed by atoms with Crippen molar-refractivity contribution < 1.29 is 19.0 Å². The number of hydrogen-bond acceptors (Lipinski definition) is 3. The molecule has 0 bridgehead atoms. The predicted octanol–water partition coefficient (Wildman–Crippen LogP) is 1.73. The first kappa shape index (κ1) is 12.9. The van der Waals surface area contributed by atoms with E-state index in [2.05, 4.69) is 11.8 Å². The quantitative estimate of drug-likeness (QED) is 0.812. The maximum absolute atomic E-state index is 13.4. The van der Waals surface area contributed by atoms with Crippen LogP contribution in [0.5, 0.6) is 5.75 Å². The van der Waals surface area contributed by atoms with Gasteiger partial charge in [-0.25, -0.2) is 4.39 Å². The van der Waals surface area contributed by atoms with Crippen LogP contribution in [0.2, 0.25) is 0 Å². The summed E-state index contributed by atoms with van der Waals surface area (Å²) in [6.45, 7) is 1.05. The third-order valence-electron chi connectivity index (χ3n) is 2.60. The Morgan fingerprint density at radius 2 is 2.33 bits per heavy atom. The average Bonchev–Trinajstić information content (AvgIpc) is 2.37. The van der Waals surface area contributed by atoms with E-state index in [0.29, 0.717) is 17.9 Å². The lowest BCUT2D eigenvalue weighted by Crippen LogP contribution is -2.28. The molecule has 1 atom stereocenters. The number of aliphatic hydroxyl groups excluding tert-OH is 1. The highest BCUT2D eigenvalue weighted by molar-refractivity contribution is 5.40. The van der Waals surface area contributed by atoms with E-state index in [9.17, 15) is 4.39 Å². The van der Waals surface area contributed by atoms with Crippen molar-refractivity contribution in [1.29, 1.82) is 0 Å². The van der Waals surface area contributed by atoms with Crippen molar-refractivity contribution in [2.75, 3.05) is 19.8 Å². The van der Waals surface area contributed by atoms with Gasteiger partial charge in [0.05, 0.1) is 6.61 Å². The molecule has 0 spiro atoms. The molecular formula is C14H15FO3. The zero-order valence-corrected chi connectivity index (χ0v) is 9.99. The summed E-state index contributed by atoms with van der Waals surface area (Å²) < 4.78 is 24.3. The molecule has 96 valence electrons. The Morgan fingerprint density at radius 1 is 1.44 bits per heavy atom. The van der Waals surface area contributed by atoms with E-state index >= 15 is 0 Å². The van der Waals surface area contributed by atoms with Gasteiger partial charge in [-0.2, -0.15) is 0 Å². The molecule has 1 unspecified atom stereocenters. The van der Waals surface area contributed by atoms with E-state index in [1.807, 2.05) is 0 Å². The fourth-order valence-electron chi connectivity index (χ4n) is 1.84. The first-order chi connectivity index (χ1) is 8.78. The van der Waals surface area contributed by atoms with Crippen LogP contribution >= 0.6 is 0 Å². The molecule has 0 radical (unpaired) electrons. The van der Waals surface area contributed by atoms with E-state index in [4.69, 9.17) is 14.6 Å². The van der Waals surface area contributed by atoms with Crippen molar-refractivity contribution in [2.24, 2.45) is 0 Å². The van der Waals surface area contributed by atoms with Crippen LogP contribution in [0.15, 0.2) is 18.2 Å². The van der Waals surface area contributed by atoms with Gasteiger partial charge >= 0.3 is 0 Å². The molecular weight excluding hydrogens is 235 g/mol. The molecule has 1 aromatic rings. The Kier molecular flexibility index (Phi) is 4.57. The molecule has 1 aliphatic rings. The Balaban J connectivity index is 2.09. The largest absolute Gasteiger partial charge is 0.488 e. The highest BCUT2D eigenvalue weighted by Crippen LogP contribution is 2.20. The van der Waals surface area contributed by atoms with E-state index in [0.717, 1.165) is 19.4 Å². The van der Waals surface area contributed by atoms with Crippen molar-refractivity contribution >= 4 is 0 Å². The van der Waals surface area contributed by atoms with Gasteiger partial charge in [0.1, 0.15) is 24.3 Å². The lowest BCUT2D eigenvalue weighted by Gasteiger charge is -2.23. The van der Waals surface area contributed by atoms with E-state index < -0.39 is 5.82 Å². The molecule has 0 aliphatic carbocycles. The molecule has 18 heavy (non-hydrogen) atoms. The molecule has 1 aromatic carbocycles. The number of hydrogen-bond donors (Lipinski definition) is 1. The molecule has 2 rings (SSSR count). The first-order valence-corrected chi connectivity index (χ1v) is 5.92. The molecule has 1 fully saturated rings. The maximum Gasteiger partial charge on any atom is 0.128 e.